The summed E-state index contributed by atoms with van der Waals surface area (Å²) >= 11 is 0. The highest BCUT2D eigenvalue weighted by Gasteiger charge is 2.42. The number of H-pyrrole nitrogens is 1. The Balaban J connectivity index is 1.73. The molecule has 0 atom stereocenters. The SMILES string of the molecule is Nc1nc(Nc2cnc3[nH]ccc3c2)nc(C2CC2)c1C(F)(F)F. The van der Waals surface area contributed by atoms with E-state index in [-0.39, 0.29) is 17.6 Å². The fraction of sp³-hybridized carbons (Fsp3) is 0.267. The number of aromatic amines is 1. The minimum absolute atomic E-state index is 0.0341. The molecule has 0 aromatic carbocycles. The van der Waals surface area contributed by atoms with E-state index >= 15 is 0 Å². The van der Waals surface area contributed by atoms with Crippen LogP contribution in [-0.4, -0.2) is 19.9 Å². The normalized spacial score (nSPS) is 15.0. The molecule has 0 saturated heterocycles. The van der Waals surface area contributed by atoms with Crippen molar-refractivity contribution < 1.29 is 13.2 Å². The Labute approximate surface area is 134 Å². The number of alkyl halides is 3. The van der Waals surface area contributed by atoms with Crippen molar-refractivity contribution in [1.29, 1.82) is 0 Å². The summed E-state index contributed by atoms with van der Waals surface area (Å²) < 4.78 is 39.6. The fourth-order valence-corrected chi connectivity index (χ4v) is 2.63. The Bertz CT molecular complexity index is 913. The van der Waals surface area contributed by atoms with E-state index in [0.717, 1.165) is 5.39 Å². The fourth-order valence-electron chi connectivity index (χ4n) is 2.63. The summed E-state index contributed by atoms with van der Waals surface area (Å²) in [5.41, 5.74) is 5.90. The molecule has 1 aliphatic rings. The number of rotatable bonds is 3. The molecule has 1 aliphatic carbocycles. The number of nitrogens with two attached hydrogens (primary N) is 1. The van der Waals surface area contributed by atoms with Gasteiger partial charge in [-0.3, -0.25) is 0 Å². The average Bonchev–Trinajstić information content (AvgIpc) is 3.24. The first kappa shape index (κ1) is 14.7. The van der Waals surface area contributed by atoms with Crippen molar-refractivity contribution in [2.75, 3.05) is 11.1 Å². The van der Waals surface area contributed by atoms with Crippen LogP contribution in [0.2, 0.25) is 0 Å². The van der Waals surface area contributed by atoms with Crippen molar-refractivity contribution in [3.05, 3.63) is 35.8 Å². The van der Waals surface area contributed by atoms with E-state index in [4.69, 9.17) is 5.73 Å². The summed E-state index contributed by atoms with van der Waals surface area (Å²) in [4.78, 5) is 15.0. The maximum absolute atomic E-state index is 13.2. The van der Waals surface area contributed by atoms with E-state index in [1.807, 2.05) is 6.07 Å². The topological polar surface area (TPSA) is 92.5 Å². The van der Waals surface area contributed by atoms with E-state index < -0.39 is 17.6 Å². The van der Waals surface area contributed by atoms with Crippen LogP contribution in [0.4, 0.5) is 30.6 Å². The maximum atomic E-state index is 13.2. The van der Waals surface area contributed by atoms with Crippen LogP contribution < -0.4 is 11.1 Å². The number of nitrogen functional groups attached to an aromatic ring is 1. The quantitative estimate of drug-likeness (QED) is 0.681. The number of halogens is 3. The Morgan fingerprint density at radius 3 is 2.75 bits per heavy atom. The second kappa shape index (κ2) is 5.08. The van der Waals surface area contributed by atoms with Gasteiger partial charge >= 0.3 is 6.18 Å². The lowest BCUT2D eigenvalue weighted by molar-refractivity contribution is -0.138. The van der Waals surface area contributed by atoms with Crippen LogP contribution in [0.3, 0.4) is 0 Å². The molecule has 0 amide bonds. The molecule has 9 heteroatoms. The van der Waals surface area contributed by atoms with Crippen molar-refractivity contribution in [2.24, 2.45) is 0 Å². The molecule has 4 rings (SSSR count). The monoisotopic (exact) mass is 334 g/mol. The number of fused-ring (bicyclic) bond motifs is 1. The molecule has 3 aromatic heterocycles. The zero-order valence-corrected chi connectivity index (χ0v) is 12.4. The lowest BCUT2D eigenvalue weighted by Gasteiger charge is -2.15. The maximum Gasteiger partial charge on any atom is 0.421 e. The number of aromatic nitrogens is 4. The van der Waals surface area contributed by atoms with Gasteiger partial charge in [0, 0.05) is 17.5 Å². The predicted molar refractivity (Wildman–Crippen MR) is 82.8 cm³/mol. The van der Waals surface area contributed by atoms with E-state index in [1.54, 1.807) is 18.5 Å². The van der Waals surface area contributed by atoms with Gasteiger partial charge in [0.1, 0.15) is 17.0 Å². The number of hydrogen-bond acceptors (Lipinski definition) is 5. The van der Waals surface area contributed by atoms with Gasteiger partial charge in [-0.05, 0) is 25.0 Å². The molecule has 3 heterocycles. The van der Waals surface area contributed by atoms with Gasteiger partial charge in [0.2, 0.25) is 5.95 Å². The van der Waals surface area contributed by atoms with E-state index in [0.29, 0.717) is 24.2 Å². The molecule has 1 saturated carbocycles. The largest absolute Gasteiger partial charge is 0.421 e. The van der Waals surface area contributed by atoms with Gasteiger partial charge in [-0.25, -0.2) is 9.97 Å². The second-order valence-electron chi connectivity index (χ2n) is 5.73. The van der Waals surface area contributed by atoms with Gasteiger partial charge in [-0.2, -0.15) is 18.2 Å². The van der Waals surface area contributed by atoms with Crippen molar-refractivity contribution in [3.8, 4) is 0 Å². The number of nitrogens with one attached hydrogen (secondary N) is 2. The first-order valence-electron chi connectivity index (χ1n) is 7.36. The molecule has 1 fully saturated rings. The third kappa shape index (κ3) is 2.61. The molecular formula is C15H13F3N6. The standard InChI is InChI=1S/C15H13F3N6/c16-15(17,18)10-11(7-1-2-7)23-14(24-12(10)19)22-9-5-8-3-4-20-13(8)21-6-9/h3-7H,1-2H2,(H,20,21)(H3,19,22,23,24). The molecule has 4 N–H and O–H groups in total. The number of anilines is 3. The Morgan fingerprint density at radius 1 is 1.25 bits per heavy atom. The lowest BCUT2D eigenvalue weighted by atomic mass is 10.1. The van der Waals surface area contributed by atoms with Crippen LogP contribution in [0.25, 0.3) is 11.0 Å². The number of nitrogens with zero attached hydrogens (tertiary/aromatic N) is 3. The lowest BCUT2D eigenvalue weighted by Crippen LogP contribution is -2.16. The van der Waals surface area contributed by atoms with E-state index in [1.165, 1.54) is 0 Å². The van der Waals surface area contributed by atoms with Crippen LogP contribution in [0.5, 0.6) is 0 Å². The molecule has 124 valence electrons. The molecule has 6 nitrogen and oxygen atoms in total. The number of pyridine rings is 1. The van der Waals surface area contributed by atoms with Crippen LogP contribution in [0.1, 0.15) is 30.0 Å². The highest BCUT2D eigenvalue weighted by atomic mass is 19.4. The van der Waals surface area contributed by atoms with Crippen molar-refractivity contribution in [1.82, 2.24) is 19.9 Å². The Hall–Kier alpha value is -2.84. The molecule has 24 heavy (non-hydrogen) atoms. The predicted octanol–water partition coefficient (Wildman–Crippen LogP) is 3.57. The molecule has 3 aromatic rings. The van der Waals surface area contributed by atoms with Crippen LogP contribution in [-0.2, 0) is 6.18 Å². The first-order valence-corrected chi connectivity index (χ1v) is 7.36. The third-order valence-corrected chi connectivity index (χ3v) is 3.87. The first-order chi connectivity index (χ1) is 11.4. The van der Waals surface area contributed by atoms with Gasteiger partial charge in [0.15, 0.2) is 0 Å². The van der Waals surface area contributed by atoms with Crippen LogP contribution in [0, 0.1) is 0 Å². The minimum Gasteiger partial charge on any atom is -0.383 e. The molecule has 0 bridgehead atoms. The summed E-state index contributed by atoms with van der Waals surface area (Å²) in [5, 5.41) is 3.75. The third-order valence-electron chi connectivity index (χ3n) is 3.87. The van der Waals surface area contributed by atoms with Crippen LogP contribution >= 0.6 is 0 Å². The molecule has 0 radical (unpaired) electrons. The summed E-state index contributed by atoms with van der Waals surface area (Å²) in [5.74, 6) is -0.727. The van der Waals surface area contributed by atoms with Gasteiger partial charge in [-0.1, -0.05) is 0 Å². The zero-order valence-electron chi connectivity index (χ0n) is 12.4. The average molecular weight is 334 g/mol. The van der Waals surface area contributed by atoms with Gasteiger partial charge < -0.3 is 16.0 Å². The summed E-state index contributed by atoms with van der Waals surface area (Å²) in [7, 11) is 0. The van der Waals surface area contributed by atoms with Crippen molar-refractivity contribution in [2.45, 2.75) is 24.9 Å². The molecular weight excluding hydrogens is 321 g/mol. The Morgan fingerprint density at radius 2 is 2.04 bits per heavy atom. The molecule has 0 spiro atoms. The smallest absolute Gasteiger partial charge is 0.383 e. The molecule has 0 unspecified atom stereocenters. The summed E-state index contributed by atoms with van der Waals surface area (Å²) in [6.07, 6.45) is 0.0872. The Kier molecular flexibility index (Phi) is 3.12. The molecule has 0 aliphatic heterocycles. The number of hydrogen-bond donors (Lipinski definition) is 3. The van der Waals surface area contributed by atoms with Crippen molar-refractivity contribution >= 4 is 28.5 Å². The van der Waals surface area contributed by atoms with Crippen molar-refractivity contribution in [3.63, 3.8) is 0 Å². The van der Waals surface area contributed by atoms with Gasteiger partial charge in [-0.15, -0.1) is 0 Å². The van der Waals surface area contributed by atoms with E-state index in [2.05, 4.69) is 25.3 Å². The summed E-state index contributed by atoms with van der Waals surface area (Å²) in [6.45, 7) is 0. The highest BCUT2D eigenvalue weighted by molar-refractivity contribution is 5.79. The highest BCUT2D eigenvalue weighted by Crippen LogP contribution is 2.46. The second-order valence-corrected chi connectivity index (χ2v) is 5.73. The van der Waals surface area contributed by atoms with Crippen LogP contribution in [0.15, 0.2) is 24.5 Å². The van der Waals surface area contributed by atoms with E-state index in [9.17, 15) is 13.2 Å². The zero-order chi connectivity index (χ0) is 16.9. The minimum atomic E-state index is -4.56. The van der Waals surface area contributed by atoms with Gasteiger partial charge in [0.05, 0.1) is 17.6 Å². The summed E-state index contributed by atoms with van der Waals surface area (Å²) in [6, 6.07) is 3.64. The van der Waals surface area contributed by atoms with Gasteiger partial charge in [0.25, 0.3) is 0 Å².